The zero-order chi connectivity index (χ0) is 9.84. The van der Waals surface area contributed by atoms with Crippen molar-refractivity contribution in [2.45, 2.75) is 25.3 Å². The SMILES string of the molecule is C=C(Cl)CNC(=O)CC(N)C1CC1. The Kier molecular flexibility index (Phi) is 3.75. The van der Waals surface area contributed by atoms with Crippen LogP contribution in [-0.4, -0.2) is 18.5 Å². The molecule has 1 aliphatic rings. The van der Waals surface area contributed by atoms with E-state index in [1.54, 1.807) is 0 Å². The third kappa shape index (κ3) is 4.29. The molecule has 0 heterocycles. The van der Waals surface area contributed by atoms with Gasteiger partial charge in [0.2, 0.25) is 5.91 Å². The zero-order valence-electron chi connectivity index (χ0n) is 7.55. The average molecular weight is 203 g/mol. The number of nitrogens with one attached hydrogen (secondary N) is 1. The van der Waals surface area contributed by atoms with Crippen molar-refractivity contribution in [3.8, 4) is 0 Å². The van der Waals surface area contributed by atoms with Gasteiger partial charge < -0.3 is 11.1 Å². The van der Waals surface area contributed by atoms with Crippen LogP contribution in [0.25, 0.3) is 0 Å². The number of rotatable bonds is 5. The average Bonchev–Trinajstić information content (AvgIpc) is 2.82. The van der Waals surface area contributed by atoms with E-state index >= 15 is 0 Å². The first kappa shape index (κ1) is 10.5. The van der Waals surface area contributed by atoms with Crippen LogP contribution < -0.4 is 11.1 Å². The van der Waals surface area contributed by atoms with Crippen LogP contribution >= 0.6 is 11.6 Å². The van der Waals surface area contributed by atoms with Crippen LogP contribution in [0.3, 0.4) is 0 Å². The van der Waals surface area contributed by atoms with E-state index < -0.39 is 0 Å². The molecule has 0 aromatic heterocycles. The minimum absolute atomic E-state index is 0.0172. The van der Waals surface area contributed by atoms with Gasteiger partial charge in [0, 0.05) is 17.5 Å². The molecule has 1 unspecified atom stereocenters. The molecular formula is C9H15ClN2O. The van der Waals surface area contributed by atoms with E-state index in [-0.39, 0.29) is 11.9 Å². The van der Waals surface area contributed by atoms with Crippen LogP contribution in [0.15, 0.2) is 11.6 Å². The molecular weight excluding hydrogens is 188 g/mol. The molecule has 3 nitrogen and oxygen atoms in total. The summed E-state index contributed by atoms with van der Waals surface area (Å²) >= 11 is 5.49. The van der Waals surface area contributed by atoms with E-state index in [1.807, 2.05) is 0 Å². The normalized spacial score (nSPS) is 18.0. The number of halogens is 1. The molecule has 3 N–H and O–H groups in total. The topological polar surface area (TPSA) is 55.1 Å². The second-order valence-corrected chi connectivity index (χ2v) is 4.03. The van der Waals surface area contributed by atoms with Crippen LogP contribution in [0.4, 0.5) is 0 Å². The van der Waals surface area contributed by atoms with Gasteiger partial charge in [-0.25, -0.2) is 0 Å². The van der Waals surface area contributed by atoms with E-state index in [4.69, 9.17) is 17.3 Å². The number of amides is 1. The summed E-state index contributed by atoms with van der Waals surface area (Å²) in [6.45, 7) is 3.80. The maximum absolute atomic E-state index is 11.2. The van der Waals surface area contributed by atoms with Crippen LogP contribution in [0.2, 0.25) is 0 Å². The van der Waals surface area contributed by atoms with Crippen LogP contribution in [0.5, 0.6) is 0 Å². The molecule has 0 spiro atoms. The van der Waals surface area contributed by atoms with Gasteiger partial charge in [-0.3, -0.25) is 4.79 Å². The molecule has 4 heteroatoms. The lowest BCUT2D eigenvalue weighted by molar-refractivity contribution is -0.121. The van der Waals surface area contributed by atoms with Gasteiger partial charge in [-0.15, -0.1) is 0 Å². The van der Waals surface area contributed by atoms with Gasteiger partial charge in [-0.1, -0.05) is 18.2 Å². The number of hydrogen-bond donors (Lipinski definition) is 2. The van der Waals surface area contributed by atoms with Gasteiger partial charge in [-0.05, 0) is 18.8 Å². The summed E-state index contributed by atoms with van der Waals surface area (Å²) in [5, 5.41) is 3.08. The predicted molar refractivity (Wildman–Crippen MR) is 53.3 cm³/mol. The van der Waals surface area contributed by atoms with Gasteiger partial charge in [0.25, 0.3) is 0 Å². The van der Waals surface area contributed by atoms with Crippen molar-refractivity contribution in [1.82, 2.24) is 5.32 Å². The first-order valence-electron chi connectivity index (χ1n) is 4.45. The highest BCUT2D eigenvalue weighted by Gasteiger charge is 2.29. The molecule has 1 saturated carbocycles. The summed E-state index contributed by atoms with van der Waals surface area (Å²) in [4.78, 5) is 11.2. The molecule has 13 heavy (non-hydrogen) atoms. The highest BCUT2D eigenvalue weighted by molar-refractivity contribution is 6.29. The van der Waals surface area contributed by atoms with E-state index in [0.29, 0.717) is 23.9 Å². The Morgan fingerprint density at radius 1 is 1.69 bits per heavy atom. The third-order valence-corrected chi connectivity index (χ3v) is 2.26. The smallest absolute Gasteiger partial charge is 0.221 e. The summed E-state index contributed by atoms with van der Waals surface area (Å²) < 4.78 is 0. The van der Waals surface area contributed by atoms with Crippen molar-refractivity contribution in [1.29, 1.82) is 0 Å². The molecule has 1 aliphatic carbocycles. The van der Waals surface area contributed by atoms with Crippen molar-refractivity contribution in [3.63, 3.8) is 0 Å². The van der Waals surface area contributed by atoms with Crippen LogP contribution in [-0.2, 0) is 4.79 Å². The van der Waals surface area contributed by atoms with Gasteiger partial charge in [0.05, 0.1) is 6.54 Å². The highest BCUT2D eigenvalue weighted by Crippen LogP contribution is 2.32. The Hall–Kier alpha value is -0.540. The second kappa shape index (κ2) is 4.63. The van der Waals surface area contributed by atoms with Crippen molar-refractivity contribution in [2.75, 3.05) is 6.54 Å². The molecule has 0 aromatic carbocycles. The summed E-state index contributed by atoms with van der Waals surface area (Å²) in [7, 11) is 0. The number of carbonyl (C=O) groups excluding carboxylic acids is 1. The Morgan fingerprint density at radius 2 is 2.31 bits per heavy atom. The summed E-state index contributed by atoms with van der Waals surface area (Å²) in [5.41, 5.74) is 5.77. The molecule has 0 aromatic rings. The van der Waals surface area contributed by atoms with Gasteiger partial charge in [0.1, 0.15) is 0 Å². The lowest BCUT2D eigenvalue weighted by atomic mass is 10.1. The Morgan fingerprint density at radius 3 is 2.77 bits per heavy atom. The second-order valence-electron chi connectivity index (χ2n) is 3.50. The lowest BCUT2D eigenvalue weighted by Gasteiger charge is -2.09. The largest absolute Gasteiger partial charge is 0.351 e. The molecule has 74 valence electrons. The molecule has 1 amide bonds. The quantitative estimate of drug-likeness (QED) is 0.699. The van der Waals surface area contributed by atoms with Crippen molar-refractivity contribution in [2.24, 2.45) is 11.7 Å². The molecule has 1 atom stereocenters. The van der Waals surface area contributed by atoms with E-state index in [0.717, 1.165) is 12.8 Å². The molecule has 0 bridgehead atoms. The molecule has 0 saturated heterocycles. The van der Waals surface area contributed by atoms with Gasteiger partial charge in [0.15, 0.2) is 0 Å². The van der Waals surface area contributed by atoms with Crippen LogP contribution in [0.1, 0.15) is 19.3 Å². The maximum Gasteiger partial charge on any atom is 0.221 e. The fourth-order valence-electron chi connectivity index (χ4n) is 1.17. The number of carbonyl (C=O) groups is 1. The minimum Gasteiger partial charge on any atom is -0.351 e. The minimum atomic E-state index is -0.0406. The van der Waals surface area contributed by atoms with Crippen LogP contribution in [0, 0.1) is 5.92 Å². The monoisotopic (exact) mass is 202 g/mol. The first-order valence-corrected chi connectivity index (χ1v) is 4.83. The third-order valence-electron chi connectivity index (χ3n) is 2.13. The Labute approximate surface area is 83.3 Å². The highest BCUT2D eigenvalue weighted by atomic mass is 35.5. The Bertz CT molecular complexity index is 214. The van der Waals surface area contributed by atoms with Gasteiger partial charge >= 0.3 is 0 Å². The van der Waals surface area contributed by atoms with Crippen molar-refractivity contribution in [3.05, 3.63) is 11.6 Å². The first-order chi connectivity index (χ1) is 6.09. The standard InChI is InChI=1S/C9H15ClN2O/c1-6(10)5-12-9(13)4-8(11)7-2-3-7/h7-8H,1-5,11H2,(H,12,13). The zero-order valence-corrected chi connectivity index (χ0v) is 8.31. The number of hydrogen-bond acceptors (Lipinski definition) is 2. The Balaban J connectivity index is 2.12. The predicted octanol–water partition coefficient (Wildman–Crippen LogP) is 0.983. The maximum atomic E-state index is 11.2. The fourth-order valence-corrected chi connectivity index (χ4v) is 1.24. The molecule has 0 aliphatic heterocycles. The van der Waals surface area contributed by atoms with Crippen molar-refractivity contribution >= 4 is 17.5 Å². The van der Waals surface area contributed by atoms with E-state index in [9.17, 15) is 4.79 Å². The summed E-state index contributed by atoms with van der Waals surface area (Å²) in [5.74, 6) is 0.520. The lowest BCUT2D eigenvalue weighted by Crippen LogP contribution is -2.33. The summed E-state index contributed by atoms with van der Waals surface area (Å²) in [6, 6.07) is 0.0172. The fraction of sp³-hybridized carbons (Fsp3) is 0.667. The van der Waals surface area contributed by atoms with E-state index in [1.165, 1.54) is 0 Å². The van der Waals surface area contributed by atoms with Crippen molar-refractivity contribution < 1.29 is 4.79 Å². The molecule has 1 fully saturated rings. The van der Waals surface area contributed by atoms with E-state index in [2.05, 4.69) is 11.9 Å². The molecule has 0 radical (unpaired) electrons. The van der Waals surface area contributed by atoms with Gasteiger partial charge in [-0.2, -0.15) is 0 Å². The molecule has 1 rings (SSSR count). The number of nitrogens with two attached hydrogens (primary N) is 1. The summed E-state index contributed by atoms with van der Waals surface area (Å²) in [6.07, 6.45) is 2.72.